The maximum Gasteiger partial charge on any atom is 0.431 e. The SMILES string of the molecule is CCOc1ccc(N2C(=O)C(CC(=O)Nc3ccccc3)N(Cc3c(=O)o[nH][n+]3C)C2=S)cc1. The van der Waals surface area contributed by atoms with Crippen molar-refractivity contribution in [2.24, 2.45) is 7.05 Å². The molecule has 2 heterocycles. The highest BCUT2D eigenvalue weighted by molar-refractivity contribution is 7.80. The third kappa shape index (κ3) is 4.69. The molecule has 1 fully saturated rings. The second kappa shape index (κ2) is 9.87. The summed E-state index contributed by atoms with van der Waals surface area (Å²) in [5.41, 5.74) is 0.843. The number of hydrogen-bond donors (Lipinski definition) is 2. The van der Waals surface area contributed by atoms with E-state index in [1.165, 1.54) is 9.58 Å². The minimum atomic E-state index is -0.905. The maximum atomic E-state index is 13.5. The Morgan fingerprint density at radius 2 is 1.88 bits per heavy atom. The fourth-order valence-electron chi connectivity index (χ4n) is 3.71. The van der Waals surface area contributed by atoms with Crippen LogP contribution in [0.1, 0.15) is 19.0 Å². The van der Waals surface area contributed by atoms with Gasteiger partial charge in [0.05, 0.1) is 18.7 Å². The van der Waals surface area contributed by atoms with E-state index in [2.05, 4.69) is 10.6 Å². The summed E-state index contributed by atoms with van der Waals surface area (Å²) < 4.78 is 11.7. The number of aromatic nitrogens is 2. The number of carbonyl (C=O) groups excluding carboxylic acids is 2. The Balaban J connectivity index is 1.62. The Hall–Kier alpha value is -3.99. The number of rotatable bonds is 8. The maximum absolute atomic E-state index is 13.5. The summed E-state index contributed by atoms with van der Waals surface area (Å²) in [5.74, 6) is -0.0484. The fourth-order valence-corrected chi connectivity index (χ4v) is 4.10. The number of benzene rings is 2. The molecule has 3 aromatic rings. The van der Waals surface area contributed by atoms with E-state index in [0.29, 0.717) is 23.7 Å². The molecule has 0 spiro atoms. The van der Waals surface area contributed by atoms with Gasteiger partial charge < -0.3 is 15.0 Å². The molecule has 1 unspecified atom stereocenters. The molecule has 0 radical (unpaired) electrons. The minimum absolute atomic E-state index is 0.0102. The number of ether oxygens (including phenoxy) is 1. The highest BCUT2D eigenvalue weighted by Gasteiger charge is 2.45. The van der Waals surface area contributed by atoms with E-state index >= 15 is 0 Å². The number of nitrogens with zero attached hydrogens (tertiary/aromatic N) is 3. The molecule has 1 saturated heterocycles. The number of thiocarbonyl (C=S) groups is 1. The molecule has 10 nitrogen and oxygen atoms in total. The topological polar surface area (TPSA) is 112 Å². The van der Waals surface area contributed by atoms with E-state index in [0.717, 1.165) is 0 Å². The number of aromatic amines is 1. The molecule has 176 valence electrons. The van der Waals surface area contributed by atoms with Crippen molar-refractivity contribution in [1.82, 2.24) is 10.2 Å². The largest absolute Gasteiger partial charge is 0.494 e. The highest BCUT2D eigenvalue weighted by atomic mass is 32.1. The summed E-state index contributed by atoms with van der Waals surface area (Å²) in [6.07, 6.45) is -0.152. The van der Waals surface area contributed by atoms with Crippen molar-refractivity contribution in [2.75, 3.05) is 16.8 Å². The van der Waals surface area contributed by atoms with E-state index in [4.69, 9.17) is 21.5 Å². The first-order valence-electron chi connectivity index (χ1n) is 10.7. The van der Waals surface area contributed by atoms with Gasteiger partial charge >= 0.3 is 11.3 Å². The van der Waals surface area contributed by atoms with Gasteiger partial charge in [0.1, 0.15) is 18.3 Å². The molecule has 1 aromatic heterocycles. The van der Waals surface area contributed by atoms with Gasteiger partial charge in [-0.15, -0.1) is 0 Å². The average molecular weight is 483 g/mol. The van der Waals surface area contributed by atoms with E-state index in [1.807, 2.05) is 13.0 Å². The summed E-state index contributed by atoms with van der Waals surface area (Å²) in [4.78, 5) is 41.4. The van der Waals surface area contributed by atoms with E-state index in [-0.39, 0.29) is 35.6 Å². The number of aryl methyl sites for hydroxylation is 1. The van der Waals surface area contributed by atoms with Gasteiger partial charge in [-0.05, 0) is 60.8 Å². The molecular formula is C23H24N5O5S+. The van der Waals surface area contributed by atoms with Gasteiger partial charge in [0.25, 0.3) is 5.91 Å². The van der Waals surface area contributed by atoms with Crippen LogP contribution in [-0.2, 0) is 23.2 Å². The van der Waals surface area contributed by atoms with Gasteiger partial charge in [-0.3, -0.25) is 19.0 Å². The van der Waals surface area contributed by atoms with Crippen LogP contribution in [0.25, 0.3) is 0 Å². The van der Waals surface area contributed by atoms with E-state index in [1.54, 1.807) is 60.5 Å². The standard InChI is InChI=1S/C23H23N5O5S/c1-3-32-17-11-9-16(10-12-17)28-21(30)18(13-20(29)24-15-7-5-4-6-8-15)27(23(28)34)14-19-22(31)33-25-26(19)2/h4-12,18H,3,13-14H2,1-2H3,(H-,24,25,29,31)/p+1. The normalized spacial score (nSPS) is 15.6. The first-order valence-corrected chi connectivity index (χ1v) is 11.1. The van der Waals surface area contributed by atoms with Crippen LogP contribution in [0.4, 0.5) is 11.4 Å². The lowest BCUT2D eigenvalue weighted by molar-refractivity contribution is -0.746. The van der Waals surface area contributed by atoms with Gasteiger partial charge in [0.2, 0.25) is 5.91 Å². The molecular weight excluding hydrogens is 458 g/mol. The molecule has 0 bridgehead atoms. The van der Waals surface area contributed by atoms with Crippen molar-refractivity contribution in [3.05, 3.63) is 70.7 Å². The number of para-hydroxylation sites is 1. The summed E-state index contributed by atoms with van der Waals surface area (Å²) >= 11 is 5.64. The molecule has 11 heteroatoms. The van der Waals surface area contributed by atoms with Crippen LogP contribution in [0.15, 0.2) is 63.9 Å². The van der Waals surface area contributed by atoms with Gasteiger partial charge in [-0.1, -0.05) is 22.9 Å². The van der Waals surface area contributed by atoms with Crippen molar-refractivity contribution < 1.29 is 23.5 Å². The lowest BCUT2D eigenvalue weighted by Crippen LogP contribution is -2.44. The van der Waals surface area contributed by atoms with E-state index < -0.39 is 11.7 Å². The molecule has 2 aromatic carbocycles. The summed E-state index contributed by atoms with van der Waals surface area (Å²) in [7, 11) is 1.61. The lowest BCUT2D eigenvalue weighted by atomic mass is 10.1. The number of hydrogen-bond acceptors (Lipinski definition) is 6. The molecule has 34 heavy (non-hydrogen) atoms. The molecule has 0 aliphatic carbocycles. The average Bonchev–Trinajstić information content (AvgIpc) is 3.26. The number of carbonyl (C=O) groups is 2. The second-order valence-electron chi connectivity index (χ2n) is 7.63. The molecule has 1 aliphatic heterocycles. The van der Waals surface area contributed by atoms with Gasteiger partial charge in [-0.25, -0.2) is 4.79 Å². The zero-order chi connectivity index (χ0) is 24.2. The smallest absolute Gasteiger partial charge is 0.431 e. The Bertz CT molecular complexity index is 1250. The third-order valence-corrected chi connectivity index (χ3v) is 5.81. The van der Waals surface area contributed by atoms with E-state index in [9.17, 15) is 14.4 Å². The van der Waals surface area contributed by atoms with Crippen molar-refractivity contribution in [2.45, 2.75) is 25.9 Å². The van der Waals surface area contributed by atoms with Crippen LogP contribution < -0.4 is 25.3 Å². The van der Waals surface area contributed by atoms with Crippen molar-refractivity contribution in [1.29, 1.82) is 0 Å². The molecule has 4 rings (SSSR count). The molecule has 2 N–H and O–H groups in total. The molecule has 1 aliphatic rings. The number of nitrogens with one attached hydrogen (secondary N) is 2. The molecule has 1 atom stereocenters. The van der Waals surface area contributed by atoms with Crippen LogP contribution in [0.2, 0.25) is 0 Å². The van der Waals surface area contributed by atoms with Crippen LogP contribution in [-0.4, -0.2) is 39.7 Å². The Kier molecular flexibility index (Phi) is 6.73. The summed E-state index contributed by atoms with van der Waals surface area (Å²) in [5, 5.41) is 5.44. The van der Waals surface area contributed by atoms with Crippen LogP contribution in [0.5, 0.6) is 5.75 Å². The monoisotopic (exact) mass is 482 g/mol. The minimum Gasteiger partial charge on any atom is -0.494 e. The Morgan fingerprint density at radius 3 is 2.50 bits per heavy atom. The van der Waals surface area contributed by atoms with Crippen molar-refractivity contribution >= 4 is 40.5 Å². The predicted molar refractivity (Wildman–Crippen MR) is 127 cm³/mol. The van der Waals surface area contributed by atoms with Gasteiger partial charge in [-0.2, -0.15) is 0 Å². The molecule has 2 amide bonds. The first kappa shape index (κ1) is 23.2. The van der Waals surface area contributed by atoms with Crippen LogP contribution >= 0.6 is 12.2 Å². The number of H-pyrrole nitrogens is 1. The zero-order valence-electron chi connectivity index (χ0n) is 18.7. The molecule has 0 saturated carbocycles. The fraction of sp³-hybridized carbons (Fsp3) is 0.261. The highest BCUT2D eigenvalue weighted by Crippen LogP contribution is 2.29. The van der Waals surface area contributed by atoms with Crippen molar-refractivity contribution in [3.8, 4) is 5.75 Å². The van der Waals surface area contributed by atoms with Crippen molar-refractivity contribution in [3.63, 3.8) is 0 Å². The predicted octanol–water partition coefficient (Wildman–Crippen LogP) is 1.72. The Morgan fingerprint density at radius 1 is 1.18 bits per heavy atom. The zero-order valence-corrected chi connectivity index (χ0v) is 19.5. The number of amides is 2. The van der Waals surface area contributed by atoms with Crippen LogP contribution in [0, 0.1) is 0 Å². The second-order valence-corrected chi connectivity index (χ2v) is 8.00. The van der Waals surface area contributed by atoms with Gasteiger partial charge in [0, 0.05) is 5.69 Å². The van der Waals surface area contributed by atoms with Crippen LogP contribution in [0.3, 0.4) is 0 Å². The number of anilines is 2. The summed E-state index contributed by atoms with van der Waals surface area (Å²) in [6, 6.07) is 15.0. The first-order chi connectivity index (χ1) is 16.4. The summed E-state index contributed by atoms with van der Waals surface area (Å²) in [6.45, 7) is 2.39. The quantitative estimate of drug-likeness (QED) is 0.371. The Labute approximate surface area is 200 Å². The van der Waals surface area contributed by atoms with Gasteiger partial charge in [0.15, 0.2) is 12.2 Å². The lowest BCUT2D eigenvalue weighted by Gasteiger charge is -2.21. The third-order valence-electron chi connectivity index (χ3n) is 5.40.